The predicted octanol–water partition coefficient (Wildman–Crippen LogP) is 2.38. The Morgan fingerprint density at radius 1 is 1.14 bits per heavy atom. The van der Waals surface area contributed by atoms with Crippen molar-refractivity contribution in [1.82, 2.24) is 20.4 Å². The molecule has 8 heteroatoms. The molecule has 1 aromatic heterocycles. The largest absolute Gasteiger partial charge is 0.497 e. The molecule has 8 nitrogen and oxygen atoms in total. The molecule has 3 aromatic rings. The van der Waals surface area contributed by atoms with E-state index in [1.54, 1.807) is 20.5 Å². The van der Waals surface area contributed by atoms with E-state index in [4.69, 9.17) is 9.47 Å². The Bertz CT molecular complexity index is 1050. The first-order valence-corrected chi connectivity index (χ1v) is 9.46. The van der Waals surface area contributed by atoms with E-state index in [-0.39, 0.29) is 17.9 Å². The van der Waals surface area contributed by atoms with Gasteiger partial charge in [-0.25, -0.2) is 15.8 Å². The molecule has 0 bridgehead atoms. The molecule has 3 unspecified atom stereocenters. The number of hydrazine groups is 1. The number of nitrogens with one attached hydrogen (secondary N) is 3. The number of aromatic nitrogens is 2. The van der Waals surface area contributed by atoms with Gasteiger partial charge in [-0.3, -0.25) is 4.79 Å². The van der Waals surface area contributed by atoms with E-state index in [0.29, 0.717) is 0 Å². The van der Waals surface area contributed by atoms with Crippen molar-refractivity contribution in [1.29, 1.82) is 0 Å². The molecule has 29 heavy (non-hydrogen) atoms. The van der Waals surface area contributed by atoms with Gasteiger partial charge < -0.3 is 19.4 Å². The minimum absolute atomic E-state index is 0.0172. The van der Waals surface area contributed by atoms with Crippen LogP contribution in [-0.2, 0) is 11.8 Å². The third-order valence-electron chi connectivity index (χ3n) is 5.49. The van der Waals surface area contributed by atoms with Crippen molar-refractivity contribution in [3.63, 3.8) is 0 Å². The molecule has 4 rings (SSSR count). The van der Waals surface area contributed by atoms with Crippen LogP contribution in [0.2, 0.25) is 0 Å². The second-order valence-electron chi connectivity index (χ2n) is 7.26. The lowest BCUT2D eigenvalue weighted by atomic mass is 9.90. The standard InChI is InChI=1S/C21H25N5O3/c1-12-19(15-10-14(28-3)6-8-18(15)29-4)24-25-20(12)21(27)23-13-5-7-16-17(9-13)26(2)11-22-16/h5-12,19-20,24-25H,1-4H3,(H,23,27). The van der Waals surface area contributed by atoms with E-state index in [1.807, 2.05) is 54.9 Å². The number of amides is 1. The van der Waals surface area contributed by atoms with Crippen LogP contribution >= 0.6 is 0 Å². The number of fused-ring (bicyclic) bond motifs is 1. The van der Waals surface area contributed by atoms with Gasteiger partial charge in [-0.15, -0.1) is 0 Å². The Labute approximate surface area is 169 Å². The minimum Gasteiger partial charge on any atom is -0.497 e. The number of aryl methyl sites for hydroxylation is 1. The summed E-state index contributed by atoms with van der Waals surface area (Å²) < 4.78 is 12.8. The van der Waals surface area contributed by atoms with E-state index in [2.05, 4.69) is 21.2 Å². The quantitative estimate of drug-likeness (QED) is 0.615. The third kappa shape index (κ3) is 3.52. The fraction of sp³-hybridized carbons (Fsp3) is 0.333. The Morgan fingerprint density at radius 2 is 1.97 bits per heavy atom. The van der Waals surface area contributed by atoms with Crippen LogP contribution in [0.4, 0.5) is 5.69 Å². The molecule has 0 radical (unpaired) electrons. The summed E-state index contributed by atoms with van der Waals surface area (Å²) in [6, 6.07) is 10.9. The van der Waals surface area contributed by atoms with Crippen LogP contribution < -0.4 is 25.6 Å². The molecule has 0 spiro atoms. The second kappa shape index (κ2) is 7.73. The van der Waals surface area contributed by atoms with Crippen molar-refractivity contribution in [3.8, 4) is 11.5 Å². The molecular weight excluding hydrogens is 370 g/mol. The van der Waals surface area contributed by atoms with E-state index < -0.39 is 6.04 Å². The van der Waals surface area contributed by atoms with Crippen molar-refractivity contribution in [2.75, 3.05) is 19.5 Å². The summed E-state index contributed by atoms with van der Waals surface area (Å²) in [7, 11) is 5.19. The lowest BCUT2D eigenvalue weighted by Crippen LogP contribution is -2.41. The summed E-state index contributed by atoms with van der Waals surface area (Å²) in [5.74, 6) is 1.37. The highest BCUT2D eigenvalue weighted by Gasteiger charge is 2.39. The zero-order valence-electron chi connectivity index (χ0n) is 16.9. The van der Waals surface area contributed by atoms with Gasteiger partial charge in [-0.05, 0) is 36.4 Å². The maximum atomic E-state index is 12.9. The number of hydrogen-bond donors (Lipinski definition) is 3. The average Bonchev–Trinajstić information content (AvgIpc) is 3.30. The summed E-state index contributed by atoms with van der Waals surface area (Å²) in [6.45, 7) is 2.03. The number of benzene rings is 2. The van der Waals surface area contributed by atoms with Crippen LogP contribution in [-0.4, -0.2) is 35.7 Å². The molecule has 1 fully saturated rings. The van der Waals surface area contributed by atoms with Crippen molar-refractivity contribution in [2.45, 2.75) is 19.0 Å². The number of anilines is 1. The maximum Gasteiger partial charge on any atom is 0.243 e. The molecule has 3 N–H and O–H groups in total. The molecule has 1 aliphatic heterocycles. The zero-order valence-corrected chi connectivity index (χ0v) is 16.9. The van der Waals surface area contributed by atoms with E-state index in [1.165, 1.54) is 0 Å². The number of nitrogens with zero attached hydrogens (tertiary/aromatic N) is 2. The van der Waals surface area contributed by atoms with E-state index >= 15 is 0 Å². The van der Waals surface area contributed by atoms with Gasteiger partial charge in [0.15, 0.2) is 0 Å². The molecular formula is C21H25N5O3. The average molecular weight is 395 g/mol. The second-order valence-corrected chi connectivity index (χ2v) is 7.26. The minimum atomic E-state index is -0.404. The van der Waals surface area contributed by atoms with Crippen molar-refractivity contribution in [3.05, 3.63) is 48.3 Å². The van der Waals surface area contributed by atoms with Crippen LogP contribution in [0.15, 0.2) is 42.7 Å². The number of carbonyl (C=O) groups is 1. The number of rotatable bonds is 5. The van der Waals surface area contributed by atoms with Gasteiger partial charge in [0.05, 0.1) is 37.6 Å². The van der Waals surface area contributed by atoms with Gasteiger partial charge in [-0.2, -0.15) is 0 Å². The van der Waals surface area contributed by atoms with Crippen molar-refractivity contribution < 1.29 is 14.3 Å². The van der Waals surface area contributed by atoms with Crippen molar-refractivity contribution in [2.24, 2.45) is 13.0 Å². The van der Waals surface area contributed by atoms with Crippen LogP contribution in [0, 0.1) is 5.92 Å². The summed E-state index contributed by atoms with van der Waals surface area (Å²) in [4.78, 5) is 17.3. The Hall–Kier alpha value is -3.10. The normalized spacial score (nSPS) is 21.3. The molecule has 0 saturated carbocycles. The number of imidazole rings is 1. The van der Waals surface area contributed by atoms with Gasteiger partial charge in [0.1, 0.15) is 17.5 Å². The molecule has 1 amide bonds. The summed E-state index contributed by atoms with van der Waals surface area (Å²) in [6.07, 6.45) is 1.76. The van der Waals surface area contributed by atoms with Gasteiger partial charge in [0, 0.05) is 24.2 Å². The van der Waals surface area contributed by atoms with Crippen LogP contribution in [0.3, 0.4) is 0 Å². The monoisotopic (exact) mass is 395 g/mol. The fourth-order valence-corrected chi connectivity index (χ4v) is 3.81. The van der Waals surface area contributed by atoms with Crippen LogP contribution in [0.5, 0.6) is 11.5 Å². The molecule has 2 aromatic carbocycles. The number of methoxy groups -OCH3 is 2. The zero-order chi connectivity index (χ0) is 20.5. The van der Waals surface area contributed by atoms with Crippen LogP contribution in [0.1, 0.15) is 18.5 Å². The molecule has 1 aliphatic rings. The van der Waals surface area contributed by atoms with Gasteiger partial charge in [-0.1, -0.05) is 6.92 Å². The van der Waals surface area contributed by atoms with Crippen molar-refractivity contribution >= 4 is 22.6 Å². The Balaban J connectivity index is 1.53. The third-order valence-corrected chi connectivity index (χ3v) is 5.49. The topological polar surface area (TPSA) is 89.4 Å². The van der Waals surface area contributed by atoms with E-state index in [0.717, 1.165) is 33.8 Å². The SMILES string of the molecule is COc1ccc(OC)c(C2NNC(C(=O)Nc3ccc4ncn(C)c4c3)C2C)c1. The van der Waals surface area contributed by atoms with Gasteiger partial charge in [0.25, 0.3) is 0 Å². The lowest BCUT2D eigenvalue weighted by molar-refractivity contribution is -0.118. The number of ether oxygens (including phenoxy) is 2. The molecule has 2 heterocycles. The number of carbonyl (C=O) groups excluding carboxylic acids is 1. The van der Waals surface area contributed by atoms with Gasteiger partial charge in [0.2, 0.25) is 5.91 Å². The lowest BCUT2D eigenvalue weighted by Gasteiger charge is -2.21. The molecule has 3 atom stereocenters. The van der Waals surface area contributed by atoms with E-state index in [9.17, 15) is 4.79 Å². The first kappa shape index (κ1) is 19.2. The van der Waals surface area contributed by atoms with Crippen LogP contribution in [0.25, 0.3) is 11.0 Å². The fourth-order valence-electron chi connectivity index (χ4n) is 3.81. The predicted molar refractivity (Wildman–Crippen MR) is 111 cm³/mol. The maximum absolute atomic E-state index is 12.9. The molecule has 1 saturated heterocycles. The highest BCUT2D eigenvalue weighted by atomic mass is 16.5. The Kier molecular flexibility index (Phi) is 5.12. The summed E-state index contributed by atoms with van der Waals surface area (Å²) in [5, 5.41) is 3.01. The molecule has 152 valence electrons. The number of hydrogen-bond acceptors (Lipinski definition) is 6. The summed E-state index contributed by atoms with van der Waals surface area (Å²) >= 11 is 0. The smallest absolute Gasteiger partial charge is 0.243 e. The highest BCUT2D eigenvalue weighted by Crippen LogP contribution is 2.36. The summed E-state index contributed by atoms with van der Waals surface area (Å²) in [5.41, 5.74) is 9.91. The highest BCUT2D eigenvalue weighted by molar-refractivity contribution is 5.96. The molecule has 0 aliphatic carbocycles. The first-order chi connectivity index (χ1) is 14.0. The first-order valence-electron chi connectivity index (χ1n) is 9.46. The van der Waals surface area contributed by atoms with Gasteiger partial charge >= 0.3 is 0 Å². The Morgan fingerprint density at radius 3 is 2.72 bits per heavy atom.